The van der Waals surface area contributed by atoms with Crippen LogP contribution in [0.3, 0.4) is 0 Å². The van der Waals surface area contributed by atoms with Crippen molar-refractivity contribution in [3.05, 3.63) is 203 Å². The van der Waals surface area contributed by atoms with Gasteiger partial charge in [0.15, 0.2) is 5.84 Å². The van der Waals surface area contributed by atoms with Crippen LogP contribution >= 0.6 is 0 Å². The number of hydrogen-bond acceptors (Lipinski definition) is 3. The van der Waals surface area contributed by atoms with Crippen molar-refractivity contribution in [2.24, 2.45) is 15.4 Å². The Morgan fingerprint density at radius 3 is 1.92 bits per heavy atom. The van der Waals surface area contributed by atoms with Crippen LogP contribution in [0.5, 0.6) is 11.5 Å². The van der Waals surface area contributed by atoms with E-state index in [1.165, 1.54) is 38.9 Å². The first-order valence-electron chi connectivity index (χ1n) is 16.9. The second-order valence-electron chi connectivity index (χ2n) is 13.5. The van der Waals surface area contributed by atoms with E-state index >= 15 is 0 Å². The third kappa shape index (κ3) is 3.96. The van der Waals surface area contributed by atoms with E-state index in [1.807, 2.05) is 6.07 Å². The zero-order chi connectivity index (χ0) is 32.6. The summed E-state index contributed by atoms with van der Waals surface area (Å²) in [5.74, 6) is 2.55. The fourth-order valence-corrected chi connectivity index (χ4v) is 8.50. The van der Waals surface area contributed by atoms with Crippen molar-refractivity contribution >= 4 is 11.5 Å². The fourth-order valence-electron chi connectivity index (χ4n) is 8.50. The van der Waals surface area contributed by atoms with Crippen molar-refractivity contribution in [2.45, 2.75) is 18.4 Å². The van der Waals surface area contributed by atoms with Crippen LogP contribution in [0.2, 0.25) is 0 Å². The number of ether oxygens (including phenoxy) is 1. The van der Waals surface area contributed by atoms with E-state index in [1.54, 1.807) is 0 Å². The Kier molecular flexibility index (Phi) is 5.98. The van der Waals surface area contributed by atoms with E-state index in [2.05, 4.69) is 171 Å². The van der Waals surface area contributed by atoms with Crippen LogP contribution in [0.1, 0.15) is 46.3 Å². The van der Waals surface area contributed by atoms with Gasteiger partial charge in [0, 0.05) is 16.7 Å². The van der Waals surface area contributed by atoms with E-state index in [0.717, 1.165) is 39.7 Å². The first-order valence-corrected chi connectivity index (χ1v) is 16.9. The number of aliphatic imine (C=N–C) groups is 2. The predicted molar refractivity (Wildman–Crippen MR) is 199 cm³/mol. The molecular formula is C46H32N2O. The zero-order valence-electron chi connectivity index (χ0n) is 27.0. The molecule has 49 heavy (non-hydrogen) atoms. The van der Waals surface area contributed by atoms with Crippen LogP contribution in [0.4, 0.5) is 0 Å². The highest BCUT2D eigenvalue weighted by atomic mass is 16.5. The third-order valence-electron chi connectivity index (χ3n) is 10.8. The largest absolute Gasteiger partial charge is 0.457 e. The summed E-state index contributed by atoms with van der Waals surface area (Å²) in [7, 11) is 0. The van der Waals surface area contributed by atoms with E-state index < -0.39 is 10.8 Å². The Morgan fingerprint density at radius 2 is 1.16 bits per heavy atom. The van der Waals surface area contributed by atoms with E-state index in [9.17, 15) is 0 Å². The quantitative estimate of drug-likeness (QED) is 0.192. The highest BCUT2D eigenvalue weighted by molar-refractivity contribution is 6.15. The molecule has 2 atom stereocenters. The molecule has 1 spiro atoms. The lowest BCUT2D eigenvalue weighted by Crippen LogP contribution is -2.37. The Balaban J connectivity index is 1.18. The van der Waals surface area contributed by atoms with Gasteiger partial charge in [-0.3, -0.25) is 4.99 Å². The Morgan fingerprint density at radius 1 is 0.551 bits per heavy atom. The number of allylic oxidation sites excluding steroid dienone is 3. The number of benzene rings is 6. The van der Waals surface area contributed by atoms with Gasteiger partial charge in [0.2, 0.25) is 0 Å². The van der Waals surface area contributed by atoms with Crippen LogP contribution in [0, 0.1) is 5.41 Å². The van der Waals surface area contributed by atoms with Crippen molar-refractivity contribution in [3.8, 4) is 33.8 Å². The molecule has 2 aliphatic carbocycles. The van der Waals surface area contributed by atoms with Crippen molar-refractivity contribution < 1.29 is 4.74 Å². The predicted octanol–water partition coefficient (Wildman–Crippen LogP) is 10.9. The number of rotatable bonds is 3. The van der Waals surface area contributed by atoms with E-state index in [4.69, 9.17) is 14.7 Å². The summed E-state index contributed by atoms with van der Waals surface area (Å²) in [6.45, 7) is 2.27. The molecule has 2 heterocycles. The maximum Gasteiger partial charge on any atom is 0.155 e. The number of para-hydroxylation sites is 2. The highest BCUT2D eigenvalue weighted by Crippen LogP contribution is 2.62. The SMILES string of the molecule is CC12C=CC=CC1=NC(c1ccc(-c3ccccc3)cc1)=NC2c1ccc2c(c1)C1(c3ccccc3Oc3ccccc31)c1ccccc1-2. The Labute approximate surface area is 286 Å². The van der Waals surface area contributed by atoms with E-state index in [-0.39, 0.29) is 6.04 Å². The van der Waals surface area contributed by atoms with Crippen LogP contribution in [-0.2, 0) is 5.41 Å². The summed E-state index contributed by atoms with van der Waals surface area (Å²) in [6.07, 6.45) is 8.64. The molecule has 0 bridgehead atoms. The molecule has 6 aromatic rings. The highest BCUT2D eigenvalue weighted by Gasteiger charge is 2.51. The van der Waals surface area contributed by atoms with Crippen molar-refractivity contribution in [2.75, 3.05) is 0 Å². The monoisotopic (exact) mass is 628 g/mol. The van der Waals surface area contributed by atoms with Crippen LogP contribution < -0.4 is 4.74 Å². The smallest absolute Gasteiger partial charge is 0.155 e. The molecule has 4 aliphatic rings. The molecule has 2 aliphatic heterocycles. The molecule has 3 heteroatoms. The van der Waals surface area contributed by atoms with Gasteiger partial charge in [0.1, 0.15) is 11.5 Å². The summed E-state index contributed by atoms with van der Waals surface area (Å²) in [6, 6.07) is 51.9. The maximum absolute atomic E-state index is 6.57. The fraction of sp³-hybridized carbons (Fsp3) is 0.0870. The summed E-state index contributed by atoms with van der Waals surface area (Å²) < 4.78 is 6.57. The summed E-state index contributed by atoms with van der Waals surface area (Å²) in [5, 5.41) is 0. The molecule has 2 unspecified atom stereocenters. The summed E-state index contributed by atoms with van der Waals surface area (Å²) in [5.41, 5.74) is 12.0. The normalized spacial score (nSPS) is 20.2. The number of hydrogen-bond donors (Lipinski definition) is 0. The first-order chi connectivity index (χ1) is 24.1. The average Bonchev–Trinajstić information content (AvgIpc) is 3.45. The van der Waals surface area contributed by atoms with E-state index in [0.29, 0.717) is 0 Å². The van der Waals surface area contributed by atoms with Crippen molar-refractivity contribution in [1.29, 1.82) is 0 Å². The molecular weight excluding hydrogens is 597 g/mol. The molecule has 0 aromatic heterocycles. The summed E-state index contributed by atoms with van der Waals surface area (Å²) in [4.78, 5) is 10.7. The lowest BCUT2D eigenvalue weighted by Gasteiger charge is -2.40. The Bertz CT molecular complexity index is 2390. The molecule has 6 aromatic carbocycles. The standard InChI is InChI=1S/C46H32N2O/c1-45-28-12-11-21-42(45)47-44(32-24-22-31(23-25-32)30-13-3-2-4-14-30)48-43(45)33-26-27-35-34-15-5-6-16-36(34)46(39(35)29-33)37-17-7-9-19-40(37)49-41-20-10-8-18-38(41)46/h2-29,43H,1H3. The minimum Gasteiger partial charge on any atom is -0.457 e. The van der Waals surface area contributed by atoms with Gasteiger partial charge in [0.05, 0.1) is 22.6 Å². The molecule has 0 fully saturated rings. The van der Waals surface area contributed by atoms with Gasteiger partial charge < -0.3 is 4.74 Å². The molecule has 0 saturated carbocycles. The molecule has 0 radical (unpaired) electrons. The molecule has 0 amide bonds. The summed E-state index contributed by atoms with van der Waals surface area (Å²) >= 11 is 0. The maximum atomic E-state index is 6.57. The van der Waals surface area contributed by atoms with Crippen molar-refractivity contribution in [3.63, 3.8) is 0 Å². The van der Waals surface area contributed by atoms with Crippen LogP contribution in [-0.4, -0.2) is 11.5 Å². The minimum absolute atomic E-state index is 0.179. The second-order valence-corrected chi connectivity index (χ2v) is 13.5. The average molecular weight is 629 g/mol. The van der Waals surface area contributed by atoms with Gasteiger partial charge in [-0.05, 0) is 64.1 Å². The second kappa shape index (κ2) is 10.5. The minimum atomic E-state index is -0.526. The van der Waals surface area contributed by atoms with Gasteiger partial charge >= 0.3 is 0 Å². The number of fused-ring (bicyclic) bond motifs is 10. The first kappa shape index (κ1) is 28.0. The van der Waals surface area contributed by atoms with Gasteiger partial charge in [-0.15, -0.1) is 0 Å². The molecule has 0 N–H and O–H groups in total. The molecule has 0 saturated heterocycles. The van der Waals surface area contributed by atoms with Crippen LogP contribution in [0.15, 0.2) is 180 Å². The Hall–Kier alpha value is -6.06. The van der Waals surface area contributed by atoms with Crippen molar-refractivity contribution in [1.82, 2.24) is 0 Å². The topological polar surface area (TPSA) is 34.0 Å². The molecule has 3 nitrogen and oxygen atoms in total. The van der Waals surface area contributed by atoms with Gasteiger partial charge in [-0.1, -0.05) is 152 Å². The van der Waals surface area contributed by atoms with Crippen LogP contribution in [0.25, 0.3) is 22.3 Å². The number of amidine groups is 1. The number of nitrogens with zero attached hydrogens (tertiary/aromatic N) is 2. The zero-order valence-corrected chi connectivity index (χ0v) is 27.0. The molecule has 10 rings (SSSR count). The lowest BCUT2D eigenvalue weighted by atomic mass is 9.65. The third-order valence-corrected chi connectivity index (χ3v) is 10.8. The van der Waals surface area contributed by atoms with Gasteiger partial charge in [-0.2, -0.15) is 0 Å². The van der Waals surface area contributed by atoms with Gasteiger partial charge in [-0.25, -0.2) is 4.99 Å². The van der Waals surface area contributed by atoms with Gasteiger partial charge in [0.25, 0.3) is 0 Å². The molecule has 232 valence electrons. The lowest BCUT2D eigenvalue weighted by molar-refractivity contribution is 0.435.